The number of ether oxygens (including phenoxy) is 1. The molecule has 2 aromatic rings. The normalized spacial score (nSPS) is 9.95. The van der Waals surface area contributed by atoms with E-state index in [1.807, 2.05) is 0 Å². The van der Waals surface area contributed by atoms with E-state index in [4.69, 9.17) is 34.4 Å². The maximum atomic E-state index is 11.0. The molecule has 0 radical (unpaired) electrons. The lowest BCUT2D eigenvalue weighted by molar-refractivity contribution is 0.371. The van der Waals surface area contributed by atoms with E-state index in [0.29, 0.717) is 27.1 Å². The molecule has 1 aromatic carbocycles. The number of halogens is 2. The fraction of sp³-hybridized carbons (Fsp3) is 0.0769. The maximum Gasteiger partial charge on any atom is 0.264 e. The Kier molecular flexibility index (Phi) is 4.10. The summed E-state index contributed by atoms with van der Waals surface area (Å²) in [7, 11) is 0. The SMILES string of the molecule is C#CCOc1c(Cl)cc(-c2ccc(=O)[nH]n2)cc1Cl. The smallest absolute Gasteiger partial charge is 0.264 e. The first-order valence-corrected chi connectivity index (χ1v) is 5.99. The van der Waals surface area contributed by atoms with Gasteiger partial charge in [0.25, 0.3) is 5.56 Å². The topological polar surface area (TPSA) is 55.0 Å². The van der Waals surface area contributed by atoms with Crippen LogP contribution in [0.5, 0.6) is 5.75 Å². The summed E-state index contributed by atoms with van der Waals surface area (Å²) in [6, 6.07) is 6.22. The zero-order valence-corrected chi connectivity index (χ0v) is 11.1. The Morgan fingerprint density at radius 3 is 2.53 bits per heavy atom. The minimum absolute atomic E-state index is 0.0791. The van der Waals surface area contributed by atoms with Crippen molar-refractivity contribution in [2.24, 2.45) is 0 Å². The molecule has 1 N–H and O–H groups in total. The van der Waals surface area contributed by atoms with Gasteiger partial charge in [-0.25, -0.2) is 5.10 Å². The summed E-state index contributed by atoms with van der Waals surface area (Å²) in [5.74, 6) is 2.66. The first-order valence-electron chi connectivity index (χ1n) is 5.23. The second kappa shape index (κ2) is 5.79. The Balaban J connectivity index is 2.42. The molecule has 0 atom stereocenters. The van der Waals surface area contributed by atoms with Crippen molar-refractivity contribution < 1.29 is 4.74 Å². The largest absolute Gasteiger partial charge is 0.478 e. The number of H-pyrrole nitrogens is 1. The highest BCUT2D eigenvalue weighted by atomic mass is 35.5. The van der Waals surface area contributed by atoms with Gasteiger partial charge in [0.15, 0.2) is 5.75 Å². The molecule has 0 amide bonds. The van der Waals surface area contributed by atoms with Gasteiger partial charge in [0.05, 0.1) is 15.7 Å². The lowest BCUT2D eigenvalue weighted by Gasteiger charge is -2.09. The van der Waals surface area contributed by atoms with E-state index < -0.39 is 0 Å². The molecule has 19 heavy (non-hydrogen) atoms. The van der Waals surface area contributed by atoms with Crippen molar-refractivity contribution in [3.05, 3.63) is 44.7 Å². The highest BCUT2D eigenvalue weighted by molar-refractivity contribution is 6.37. The van der Waals surface area contributed by atoms with Gasteiger partial charge in [-0.15, -0.1) is 6.42 Å². The third kappa shape index (κ3) is 3.08. The van der Waals surface area contributed by atoms with E-state index in [9.17, 15) is 4.79 Å². The van der Waals surface area contributed by atoms with Gasteiger partial charge in [0.2, 0.25) is 0 Å². The van der Waals surface area contributed by atoms with Crippen molar-refractivity contribution in [2.45, 2.75) is 0 Å². The van der Waals surface area contributed by atoms with E-state index in [2.05, 4.69) is 16.1 Å². The summed E-state index contributed by atoms with van der Waals surface area (Å²) >= 11 is 12.1. The van der Waals surface area contributed by atoms with Crippen LogP contribution in [0.4, 0.5) is 0 Å². The number of rotatable bonds is 3. The van der Waals surface area contributed by atoms with Crippen LogP contribution in [0.2, 0.25) is 10.0 Å². The van der Waals surface area contributed by atoms with Crippen molar-refractivity contribution in [3.8, 4) is 29.4 Å². The molecule has 1 heterocycles. The first-order chi connectivity index (χ1) is 9.11. The quantitative estimate of drug-likeness (QED) is 0.886. The molecule has 0 saturated carbocycles. The molecule has 0 aliphatic heterocycles. The van der Waals surface area contributed by atoms with Crippen LogP contribution in [-0.2, 0) is 0 Å². The summed E-state index contributed by atoms with van der Waals surface area (Å²) in [5, 5.41) is 6.88. The fourth-order valence-corrected chi connectivity index (χ4v) is 2.06. The lowest BCUT2D eigenvalue weighted by atomic mass is 10.1. The Morgan fingerprint density at radius 1 is 1.32 bits per heavy atom. The molecule has 0 fully saturated rings. The number of aromatic amines is 1. The molecule has 0 aliphatic rings. The highest BCUT2D eigenvalue weighted by Crippen LogP contribution is 2.36. The molecule has 1 aromatic heterocycles. The lowest BCUT2D eigenvalue weighted by Crippen LogP contribution is -2.05. The van der Waals surface area contributed by atoms with E-state index in [0.717, 1.165) is 0 Å². The number of nitrogens with zero attached hydrogens (tertiary/aromatic N) is 1. The standard InChI is InChI=1S/C13H8Cl2N2O2/c1-2-5-19-13-9(14)6-8(7-10(13)15)11-3-4-12(18)17-16-11/h1,3-4,6-7H,5H2,(H,17,18). The summed E-state index contributed by atoms with van der Waals surface area (Å²) in [5.41, 5.74) is 0.932. The zero-order valence-electron chi connectivity index (χ0n) is 9.61. The van der Waals surface area contributed by atoms with Gasteiger partial charge in [0.1, 0.15) is 6.61 Å². The average molecular weight is 295 g/mol. The Labute approximate surface area is 119 Å². The number of terminal acetylenes is 1. The van der Waals surface area contributed by atoms with Crippen LogP contribution < -0.4 is 10.3 Å². The summed E-state index contributed by atoms with van der Waals surface area (Å²) in [6.45, 7) is 0.0791. The summed E-state index contributed by atoms with van der Waals surface area (Å²) < 4.78 is 5.25. The molecular weight excluding hydrogens is 287 g/mol. The number of hydrogen-bond acceptors (Lipinski definition) is 3. The van der Waals surface area contributed by atoms with Crippen molar-refractivity contribution >= 4 is 23.2 Å². The van der Waals surface area contributed by atoms with Crippen LogP contribution in [0.15, 0.2) is 29.1 Å². The second-order valence-corrected chi connectivity index (χ2v) is 4.38. The third-order valence-corrected chi connectivity index (χ3v) is 2.83. The van der Waals surface area contributed by atoms with Crippen molar-refractivity contribution in [2.75, 3.05) is 6.61 Å². The van der Waals surface area contributed by atoms with E-state index in [-0.39, 0.29) is 12.2 Å². The van der Waals surface area contributed by atoms with Crippen molar-refractivity contribution in [1.82, 2.24) is 10.2 Å². The van der Waals surface area contributed by atoms with Crippen LogP contribution in [0.1, 0.15) is 0 Å². The number of hydrogen-bond donors (Lipinski definition) is 1. The predicted molar refractivity (Wildman–Crippen MR) is 74.6 cm³/mol. The first kappa shape index (κ1) is 13.5. The number of nitrogens with one attached hydrogen (secondary N) is 1. The Morgan fingerprint density at radius 2 is 2.00 bits per heavy atom. The van der Waals surface area contributed by atoms with Gasteiger partial charge in [-0.3, -0.25) is 4.79 Å². The number of benzene rings is 1. The summed E-state index contributed by atoms with van der Waals surface area (Å²) in [6.07, 6.45) is 5.11. The van der Waals surface area contributed by atoms with Gasteiger partial charge < -0.3 is 4.74 Å². The average Bonchev–Trinajstić information content (AvgIpc) is 2.38. The van der Waals surface area contributed by atoms with Gasteiger partial charge in [0, 0.05) is 11.6 Å². The molecule has 4 nitrogen and oxygen atoms in total. The second-order valence-electron chi connectivity index (χ2n) is 3.57. The molecule has 0 spiro atoms. The monoisotopic (exact) mass is 294 g/mol. The fourth-order valence-electron chi connectivity index (χ4n) is 1.46. The predicted octanol–water partition coefficient (Wildman–Crippen LogP) is 2.76. The maximum absolute atomic E-state index is 11.0. The molecule has 0 saturated heterocycles. The Bertz CT molecular complexity index is 661. The Hall–Kier alpha value is -1.96. The molecule has 0 aliphatic carbocycles. The van der Waals surface area contributed by atoms with Gasteiger partial charge in [-0.1, -0.05) is 29.1 Å². The molecular formula is C13H8Cl2N2O2. The van der Waals surface area contributed by atoms with Crippen molar-refractivity contribution in [3.63, 3.8) is 0 Å². The van der Waals surface area contributed by atoms with Gasteiger partial charge in [-0.2, -0.15) is 5.10 Å². The van der Waals surface area contributed by atoms with Gasteiger partial charge >= 0.3 is 0 Å². The van der Waals surface area contributed by atoms with Gasteiger partial charge in [-0.05, 0) is 18.2 Å². The van der Waals surface area contributed by atoms with Crippen LogP contribution in [0.3, 0.4) is 0 Å². The highest BCUT2D eigenvalue weighted by Gasteiger charge is 2.11. The molecule has 96 valence electrons. The molecule has 0 bridgehead atoms. The molecule has 2 rings (SSSR count). The molecule has 0 unspecified atom stereocenters. The molecule has 6 heteroatoms. The minimum Gasteiger partial charge on any atom is -0.478 e. The summed E-state index contributed by atoms with van der Waals surface area (Å²) in [4.78, 5) is 11.0. The van der Waals surface area contributed by atoms with Crippen LogP contribution in [0.25, 0.3) is 11.3 Å². The van der Waals surface area contributed by atoms with Crippen LogP contribution in [0, 0.1) is 12.3 Å². The third-order valence-electron chi connectivity index (χ3n) is 2.27. The van der Waals surface area contributed by atoms with Crippen molar-refractivity contribution in [1.29, 1.82) is 0 Å². The number of aromatic nitrogens is 2. The van der Waals surface area contributed by atoms with E-state index >= 15 is 0 Å². The zero-order chi connectivity index (χ0) is 13.8. The van der Waals surface area contributed by atoms with Crippen LogP contribution >= 0.6 is 23.2 Å². The van der Waals surface area contributed by atoms with E-state index in [1.54, 1.807) is 18.2 Å². The van der Waals surface area contributed by atoms with E-state index in [1.165, 1.54) is 6.07 Å². The van der Waals surface area contributed by atoms with Crippen LogP contribution in [-0.4, -0.2) is 16.8 Å². The minimum atomic E-state index is -0.282.